The van der Waals surface area contributed by atoms with Crippen molar-refractivity contribution in [1.29, 1.82) is 0 Å². The van der Waals surface area contributed by atoms with E-state index in [1.807, 2.05) is 32.0 Å². The summed E-state index contributed by atoms with van der Waals surface area (Å²) in [5.74, 6) is -0.531. The van der Waals surface area contributed by atoms with Gasteiger partial charge in [-0.25, -0.2) is 8.42 Å². The number of anilines is 2. The maximum Gasteiger partial charge on any atom is 0.264 e. The molecule has 0 aliphatic carbocycles. The minimum atomic E-state index is -3.99. The summed E-state index contributed by atoms with van der Waals surface area (Å²) in [5.41, 5.74) is 3.02. The van der Waals surface area contributed by atoms with Crippen LogP contribution in [0.5, 0.6) is 0 Å². The molecule has 1 amide bonds. The van der Waals surface area contributed by atoms with Gasteiger partial charge in [0.2, 0.25) is 11.0 Å². The van der Waals surface area contributed by atoms with Crippen LogP contribution in [0.4, 0.5) is 10.8 Å². The van der Waals surface area contributed by atoms with E-state index in [1.165, 1.54) is 23.5 Å². The van der Waals surface area contributed by atoms with Crippen LogP contribution in [-0.4, -0.2) is 31.1 Å². The third kappa shape index (κ3) is 5.44. The monoisotopic (exact) mass is 512 g/mol. The van der Waals surface area contributed by atoms with Gasteiger partial charge < -0.3 is 0 Å². The van der Waals surface area contributed by atoms with Crippen LogP contribution >= 0.6 is 22.9 Å². The lowest BCUT2D eigenvalue weighted by Crippen LogP contribution is -2.38. The number of hydrogen-bond donors (Lipinski definition) is 1. The van der Waals surface area contributed by atoms with Crippen molar-refractivity contribution in [1.82, 2.24) is 10.2 Å². The zero-order valence-electron chi connectivity index (χ0n) is 18.4. The highest BCUT2D eigenvalue weighted by Crippen LogP contribution is 2.28. The van der Waals surface area contributed by atoms with Gasteiger partial charge in [0.25, 0.3) is 10.0 Å². The summed E-state index contributed by atoms with van der Waals surface area (Å²) < 4.78 is 28.0. The molecule has 0 radical (unpaired) electrons. The molecule has 34 heavy (non-hydrogen) atoms. The fourth-order valence-electron chi connectivity index (χ4n) is 3.21. The van der Waals surface area contributed by atoms with E-state index in [1.54, 1.807) is 42.5 Å². The predicted molar refractivity (Wildman–Crippen MR) is 136 cm³/mol. The molecule has 174 valence electrons. The van der Waals surface area contributed by atoms with Crippen LogP contribution < -0.4 is 9.62 Å². The lowest BCUT2D eigenvalue weighted by Gasteiger charge is -2.24. The molecule has 0 unspecified atom stereocenters. The van der Waals surface area contributed by atoms with E-state index in [0.717, 1.165) is 21.0 Å². The normalized spacial score (nSPS) is 11.3. The quantitative estimate of drug-likeness (QED) is 0.362. The van der Waals surface area contributed by atoms with Crippen LogP contribution in [0.15, 0.2) is 77.7 Å². The molecule has 0 aliphatic heterocycles. The maximum atomic E-state index is 13.5. The van der Waals surface area contributed by atoms with Crippen molar-refractivity contribution in [3.05, 3.63) is 88.9 Å². The number of carbonyl (C=O) groups excluding carboxylic acids is 1. The molecule has 7 nitrogen and oxygen atoms in total. The van der Waals surface area contributed by atoms with Gasteiger partial charge in [-0.3, -0.25) is 14.4 Å². The van der Waals surface area contributed by atoms with E-state index in [9.17, 15) is 13.2 Å². The first-order chi connectivity index (χ1) is 16.2. The highest BCUT2D eigenvalue weighted by Gasteiger charge is 2.27. The average molecular weight is 513 g/mol. The van der Waals surface area contributed by atoms with Crippen molar-refractivity contribution in [2.75, 3.05) is 16.2 Å². The number of rotatable bonds is 7. The number of aryl methyl sites for hydroxylation is 2. The Kier molecular flexibility index (Phi) is 6.97. The van der Waals surface area contributed by atoms with Crippen LogP contribution in [0.25, 0.3) is 10.6 Å². The molecule has 0 bridgehead atoms. The number of nitrogens with zero attached hydrogens (tertiary/aromatic N) is 3. The number of aromatic nitrogens is 2. The largest absolute Gasteiger partial charge is 0.299 e. The summed E-state index contributed by atoms with van der Waals surface area (Å²) in [6.45, 7) is 3.32. The molecule has 1 aromatic heterocycles. The van der Waals surface area contributed by atoms with E-state index in [0.29, 0.717) is 15.7 Å². The lowest BCUT2D eigenvalue weighted by atomic mass is 10.2. The summed E-state index contributed by atoms with van der Waals surface area (Å²) in [7, 11) is -3.99. The van der Waals surface area contributed by atoms with Gasteiger partial charge >= 0.3 is 0 Å². The Morgan fingerprint density at radius 3 is 2.35 bits per heavy atom. The molecule has 0 saturated heterocycles. The standard InChI is InChI=1S/C24H21ClN4O3S2/c1-16-6-12-21(13-7-16)34(31,32)29(20-5-3-4-17(2)14-20)15-22(30)26-24-28-27-23(33-24)18-8-10-19(25)11-9-18/h3-14H,15H2,1-2H3,(H,26,28,30). The molecule has 0 saturated carbocycles. The molecule has 1 N–H and O–H groups in total. The van der Waals surface area contributed by atoms with Crippen molar-refractivity contribution in [3.63, 3.8) is 0 Å². The van der Waals surface area contributed by atoms with Gasteiger partial charge in [-0.15, -0.1) is 10.2 Å². The average Bonchev–Trinajstić information content (AvgIpc) is 3.26. The van der Waals surface area contributed by atoms with Crippen LogP contribution in [0.3, 0.4) is 0 Å². The Morgan fingerprint density at radius 2 is 1.68 bits per heavy atom. The first-order valence-corrected chi connectivity index (χ1v) is 12.9. The van der Waals surface area contributed by atoms with Crippen molar-refractivity contribution in [2.24, 2.45) is 0 Å². The van der Waals surface area contributed by atoms with Crippen LogP contribution in [0.1, 0.15) is 11.1 Å². The Balaban J connectivity index is 1.59. The van der Waals surface area contributed by atoms with E-state index in [-0.39, 0.29) is 10.0 Å². The highest BCUT2D eigenvalue weighted by atomic mass is 35.5. The van der Waals surface area contributed by atoms with Gasteiger partial charge in [-0.1, -0.05) is 64.9 Å². The molecular weight excluding hydrogens is 492 g/mol. The topological polar surface area (TPSA) is 92.3 Å². The third-order valence-electron chi connectivity index (χ3n) is 4.95. The number of benzene rings is 3. The molecule has 10 heteroatoms. The Hall–Kier alpha value is -3.27. The minimum Gasteiger partial charge on any atom is -0.299 e. The van der Waals surface area contributed by atoms with Crippen LogP contribution in [-0.2, 0) is 14.8 Å². The van der Waals surface area contributed by atoms with E-state index >= 15 is 0 Å². The van der Waals surface area contributed by atoms with Gasteiger partial charge in [0.15, 0.2) is 0 Å². The van der Waals surface area contributed by atoms with E-state index in [4.69, 9.17) is 11.6 Å². The third-order valence-corrected chi connectivity index (χ3v) is 7.88. The second-order valence-corrected chi connectivity index (χ2v) is 10.9. The number of hydrogen-bond acceptors (Lipinski definition) is 6. The summed E-state index contributed by atoms with van der Waals surface area (Å²) in [6, 6.07) is 20.6. The number of nitrogens with one attached hydrogen (secondary N) is 1. The maximum absolute atomic E-state index is 13.5. The van der Waals surface area contributed by atoms with Gasteiger partial charge in [0, 0.05) is 10.6 Å². The zero-order chi connectivity index (χ0) is 24.3. The minimum absolute atomic E-state index is 0.105. The second kappa shape index (κ2) is 9.92. The summed E-state index contributed by atoms with van der Waals surface area (Å²) >= 11 is 7.11. The molecule has 4 rings (SSSR count). The van der Waals surface area contributed by atoms with E-state index in [2.05, 4.69) is 15.5 Å². The molecule has 4 aromatic rings. The molecular formula is C24H21ClN4O3S2. The molecule has 3 aromatic carbocycles. The number of sulfonamides is 1. The Bertz CT molecular complexity index is 1420. The Morgan fingerprint density at radius 1 is 0.971 bits per heavy atom. The Labute approximate surface area is 207 Å². The highest BCUT2D eigenvalue weighted by molar-refractivity contribution is 7.92. The number of carbonyl (C=O) groups is 1. The molecule has 1 heterocycles. The summed E-state index contributed by atoms with van der Waals surface area (Å²) in [5, 5.41) is 12.3. The molecule has 0 fully saturated rings. The van der Waals surface area contributed by atoms with Gasteiger partial charge in [-0.05, 0) is 55.8 Å². The second-order valence-electron chi connectivity index (χ2n) is 7.63. The van der Waals surface area contributed by atoms with Gasteiger partial charge in [0.1, 0.15) is 11.6 Å². The van der Waals surface area contributed by atoms with Crippen LogP contribution in [0, 0.1) is 13.8 Å². The van der Waals surface area contributed by atoms with Crippen molar-refractivity contribution >= 4 is 49.7 Å². The summed E-state index contributed by atoms with van der Waals surface area (Å²) in [6.07, 6.45) is 0. The van der Waals surface area contributed by atoms with E-state index < -0.39 is 22.5 Å². The molecule has 0 atom stereocenters. The van der Waals surface area contributed by atoms with Gasteiger partial charge in [-0.2, -0.15) is 0 Å². The number of halogens is 1. The van der Waals surface area contributed by atoms with Crippen molar-refractivity contribution in [3.8, 4) is 10.6 Å². The van der Waals surface area contributed by atoms with Crippen molar-refractivity contribution < 1.29 is 13.2 Å². The number of amides is 1. The predicted octanol–water partition coefficient (Wildman–Crippen LogP) is 5.31. The van der Waals surface area contributed by atoms with Crippen molar-refractivity contribution in [2.45, 2.75) is 18.7 Å². The van der Waals surface area contributed by atoms with Crippen LogP contribution in [0.2, 0.25) is 5.02 Å². The first-order valence-electron chi connectivity index (χ1n) is 10.3. The zero-order valence-corrected chi connectivity index (χ0v) is 20.8. The first kappa shape index (κ1) is 23.9. The lowest BCUT2D eigenvalue weighted by molar-refractivity contribution is -0.114. The smallest absolute Gasteiger partial charge is 0.264 e. The summed E-state index contributed by atoms with van der Waals surface area (Å²) in [4.78, 5) is 13.0. The van der Waals surface area contributed by atoms with Gasteiger partial charge in [0.05, 0.1) is 10.6 Å². The molecule has 0 aliphatic rings. The fourth-order valence-corrected chi connectivity index (χ4v) is 5.51. The fraction of sp³-hybridized carbons (Fsp3) is 0.125. The SMILES string of the molecule is Cc1ccc(S(=O)(=O)N(CC(=O)Nc2nnc(-c3ccc(Cl)cc3)s2)c2cccc(C)c2)cc1. The molecule has 0 spiro atoms.